The van der Waals surface area contributed by atoms with Crippen LogP contribution < -0.4 is 0 Å². The highest BCUT2D eigenvalue weighted by Gasteiger charge is 2.38. The monoisotopic (exact) mass is 293 g/mol. The maximum absolute atomic E-state index is 12.1. The average molecular weight is 293 g/mol. The van der Waals surface area contributed by atoms with Crippen LogP contribution in [0.2, 0.25) is 0 Å². The minimum Gasteiger partial charge on any atom is -0.445 e. The molecule has 116 valence electrons. The van der Waals surface area contributed by atoms with E-state index in [4.69, 9.17) is 14.2 Å². The SMILES string of the molecule is CO[C@H]1C[C@H](N(C)C(=O)OCc2ccccc2)C[C@H]1OC. The van der Waals surface area contributed by atoms with Gasteiger partial charge in [0.15, 0.2) is 0 Å². The van der Waals surface area contributed by atoms with Crippen LogP contribution in [0.5, 0.6) is 0 Å². The van der Waals surface area contributed by atoms with Crippen molar-refractivity contribution in [3.8, 4) is 0 Å². The van der Waals surface area contributed by atoms with E-state index in [1.165, 1.54) is 0 Å². The van der Waals surface area contributed by atoms with Crippen molar-refractivity contribution >= 4 is 6.09 Å². The van der Waals surface area contributed by atoms with Crippen LogP contribution in [-0.4, -0.2) is 50.5 Å². The van der Waals surface area contributed by atoms with Gasteiger partial charge in [-0.25, -0.2) is 4.79 Å². The molecule has 5 nitrogen and oxygen atoms in total. The van der Waals surface area contributed by atoms with Crippen LogP contribution in [0.1, 0.15) is 18.4 Å². The van der Waals surface area contributed by atoms with Crippen LogP contribution in [0.3, 0.4) is 0 Å². The molecule has 1 aromatic rings. The quantitative estimate of drug-likeness (QED) is 0.836. The molecule has 5 heteroatoms. The summed E-state index contributed by atoms with van der Waals surface area (Å²) in [7, 11) is 5.11. The van der Waals surface area contributed by atoms with E-state index in [9.17, 15) is 4.79 Å². The Morgan fingerprint density at radius 1 is 1.14 bits per heavy atom. The van der Waals surface area contributed by atoms with Gasteiger partial charge in [-0.2, -0.15) is 0 Å². The zero-order valence-corrected chi connectivity index (χ0v) is 12.8. The second kappa shape index (κ2) is 7.43. The fourth-order valence-electron chi connectivity index (χ4n) is 2.72. The second-order valence-corrected chi connectivity index (χ2v) is 5.32. The van der Waals surface area contributed by atoms with Crippen molar-refractivity contribution in [2.45, 2.75) is 37.7 Å². The molecule has 21 heavy (non-hydrogen) atoms. The number of rotatable bonds is 5. The first kappa shape index (κ1) is 15.8. The Morgan fingerprint density at radius 2 is 1.71 bits per heavy atom. The third-order valence-electron chi connectivity index (χ3n) is 4.07. The average Bonchev–Trinajstić information content (AvgIpc) is 2.96. The van der Waals surface area contributed by atoms with Gasteiger partial charge in [0.05, 0.1) is 12.2 Å². The molecule has 0 bridgehead atoms. The lowest BCUT2D eigenvalue weighted by Gasteiger charge is -2.23. The molecule has 1 aromatic carbocycles. The number of ether oxygens (including phenoxy) is 3. The van der Waals surface area contributed by atoms with Gasteiger partial charge in [0.1, 0.15) is 6.61 Å². The number of carbonyl (C=O) groups is 1. The second-order valence-electron chi connectivity index (χ2n) is 5.32. The molecule has 0 unspecified atom stereocenters. The molecular formula is C16H23NO4. The molecule has 0 N–H and O–H groups in total. The van der Waals surface area contributed by atoms with Crippen molar-refractivity contribution in [2.24, 2.45) is 0 Å². The topological polar surface area (TPSA) is 48.0 Å². The molecule has 0 radical (unpaired) electrons. The molecule has 1 fully saturated rings. The van der Waals surface area contributed by atoms with E-state index in [-0.39, 0.29) is 30.9 Å². The van der Waals surface area contributed by atoms with E-state index >= 15 is 0 Å². The van der Waals surface area contributed by atoms with Gasteiger partial charge >= 0.3 is 6.09 Å². The normalized spacial score (nSPS) is 24.8. The predicted octanol–water partition coefficient (Wildman–Crippen LogP) is 2.45. The highest BCUT2D eigenvalue weighted by atomic mass is 16.6. The molecule has 0 aromatic heterocycles. The fourth-order valence-corrected chi connectivity index (χ4v) is 2.72. The zero-order chi connectivity index (χ0) is 15.2. The first-order valence-electron chi connectivity index (χ1n) is 7.14. The number of hydrogen-bond acceptors (Lipinski definition) is 4. The van der Waals surface area contributed by atoms with Crippen LogP contribution in [0, 0.1) is 0 Å². The number of nitrogens with zero attached hydrogens (tertiary/aromatic N) is 1. The predicted molar refractivity (Wildman–Crippen MR) is 79.0 cm³/mol. The molecule has 3 atom stereocenters. The third-order valence-corrected chi connectivity index (χ3v) is 4.07. The van der Waals surface area contributed by atoms with Crippen molar-refractivity contribution in [3.63, 3.8) is 0 Å². The molecule has 0 saturated heterocycles. The van der Waals surface area contributed by atoms with Crippen molar-refractivity contribution in [1.82, 2.24) is 4.90 Å². The number of carbonyl (C=O) groups excluding carboxylic acids is 1. The van der Waals surface area contributed by atoms with E-state index in [0.717, 1.165) is 18.4 Å². The van der Waals surface area contributed by atoms with Gasteiger partial charge in [0.25, 0.3) is 0 Å². The van der Waals surface area contributed by atoms with Gasteiger partial charge in [-0.1, -0.05) is 30.3 Å². The highest BCUT2D eigenvalue weighted by molar-refractivity contribution is 5.67. The minimum atomic E-state index is -0.310. The maximum Gasteiger partial charge on any atom is 0.410 e. The summed E-state index contributed by atoms with van der Waals surface area (Å²) in [5.41, 5.74) is 0.982. The Morgan fingerprint density at radius 3 is 2.24 bits per heavy atom. The summed E-state index contributed by atoms with van der Waals surface area (Å²) in [5, 5.41) is 0. The number of hydrogen-bond donors (Lipinski definition) is 0. The number of benzene rings is 1. The maximum atomic E-state index is 12.1. The lowest BCUT2D eigenvalue weighted by Crippen LogP contribution is -2.36. The molecule has 1 aliphatic rings. The highest BCUT2D eigenvalue weighted by Crippen LogP contribution is 2.28. The summed E-state index contributed by atoms with van der Waals surface area (Å²) in [6, 6.07) is 9.75. The van der Waals surface area contributed by atoms with Crippen LogP contribution >= 0.6 is 0 Å². The van der Waals surface area contributed by atoms with Crippen molar-refractivity contribution in [2.75, 3.05) is 21.3 Å². The van der Waals surface area contributed by atoms with Crippen molar-refractivity contribution < 1.29 is 19.0 Å². The summed E-state index contributed by atoms with van der Waals surface area (Å²) in [6.45, 7) is 0.290. The lowest BCUT2D eigenvalue weighted by atomic mass is 10.2. The summed E-state index contributed by atoms with van der Waals surface area (Å²) in [4.78, 5) is 13.8. The van der Waals surface area contributed by atoms with E-state index < -0.39 is 0 Å². The summed E-state index contributed by atoms with van der Waals surface area (Å²) in [6.07, 6.45) is 1.29. The molecule has 1 aliphatic carbocycles. The molecule has 0 aliphatic heterocycles. The van der Waals surface area contributed by atoms with Gasteiger partial charge in [0, 0.05) is 27.3 Å². The minimum absolute atomic E-state index is 0.0318. The summed E-state index contributed by atoms with van der Waals surface area (Å²) >= 11 is 0. The summed E-state index contributed by atoms with van der Waals surface area (Å²) < 4.78 is 16.1. The van der Waals surface area contributed by atoms with Gasteiger partial charge in [-0.3, -0.25) is 0 Å². The van der Waals surface area contributed by atoms with Crippen LogP contribution in [0.25, 0.3) is 0 Å². The third kappa shape index (κ3) is 3.95. The van der Waals surface area contributed by atoms with Crippen LogP contribution in [0.4, 0.5) is 4.79 Å². The first-order valence-corrected chi connectivity index (χ1v) is 7.14. The Bertz CT molecular complexity index is 439. The van der Waals surface area contributed by atoms with E-state index in [2.05, 4.69) is 0 Å². The molecule has 0 spiro atoms. The van der Waals surface area contributed by atoms with Gasteiger partial charge in [-0.15, -0.1) is 0 Å². The smallest absolute Gasteiger partial charge is 0.410 e. The van der Waals surface area contributed by atoms with Gasteiger partial charge in [-0.05, 0) is 18.4 Å². The number of methoxy groups -OCH3 is 2. The number of amides is 1. The Labute approximate surface area is 125 Å². The fraction of sp³-hybridized carbons (Fsp3) is 0.562. The molecular weight excluding hydrogens is 270 g/mol. The van der Waals surface area contributed by atoms with Crippen LogP contribution in [0.15, 0.2) is 30.3 Å². The zero-order valence-electron chi connectivity index (χ0n) is 12.8. The van der Waals surface area contributed by atoms with Crippen LogP contribution in [-0.2, 0) is 20.8 Å². The van der Waals surface area contributed by atoms with E-state index in [1.54, 1.807) is 26.2 Å². The first-order chi connectivity index (χ1) is 10.2. The van der Waals surface area contributed by atoms with E-state index in [0.29, 0.717) is 0 Å². The molecule has 2 rings (SSSR count). The Hall–Kier alpha value is -1.59. The van der Waals surface area contributed by atoms with Crippen molar-refractivity contribution in [3.05, 3.63) is 35.9 Å². The molecule has 1 saturated carbocycles. The van der Waals surface area contributed by atoms with Crippen molar-refractivity contribution in [1.29, 1.82) is 0 Å². The molecule has 1 amide bonds. The van der Waals surface area contributed by atoms with Gasteiger partial charge in [0.2, 0.25) is 0 Å². The largest absolute Gasteiger partial charge is 0.445 e. The Kier molecular flexibility index (Phi) is 5.59. The Balaban J connectivity index is 1.85. The molecule has 0 heterocycles. The summed E-state index contributed by atoms with van der Waals surface area (Å²) in [5.74, 6) is 0. The standard InChI is InChI=1S/C16H23NO4/c1-17(13-9-14(19-2)15(10-13)20-3)16(18)21-11-12-7-5-4-6-8-12/h4-8,13-15H,9-11H2,1-3H3/t13-,14-,15+. The lowest BCUT2D eigenvalue weighted by molar-refractivity contribution is -0.0157. The van der Waals surface area contributed by atoms with Gasteiger partial charge < -0.3 is 19.1 Å². The van der Waals surface area contributed by atoms with E-state index in [1.807, 2.05) is 30.3 Å².